The first-order valence-electron chi connectivity index (χ1n) is 6.30. The van der Waals surface area contributed by atoms with E-state index in [0.29, 0.717) is 0 Å². The maximum Gasteiger partial charge on any atom is 0.338 e. The zero-order chi connectivity index (χ0) is 15.8. The monoisotopic (exact) mass is 315 g/mol. The van der Waals surface area contributed by atoms with Gasteiger partial charge in [0.15, 0.2) is 9.84 Å². The quantitative estimate of drug-likeness (QED) is 0.788. The van der Waals surface area contributed by atoms with Gasteiger partial charge in [-0.25, -0.2) is 17.6 Å². The van der Waals surface area contributed by atoms with E-state index in [1.165, 1.54) is 6.92 Å². The fourth-order valence-electron chi connectivity index (χ4n) is 1.74. The molecule has 1 aliphatic rings. The van der Waals surface area contributed by atoms with E-state index in [9.17, 15) is 22.4 Å². The number of amides is 1. The second-order valence-electron chi connectivity index (χ2n) is 4.92. The van der Waals surface area contributed by atoms with E-state index in [-0.39, 0.29) is 10.9 Å². The van der Waals surface area contributed by atoms with Gasteiger partial charge >= 0.3 is 5.97 Å². The van der Waals surface area contributed by atoms with Crippen molar-refractivity contribution in [2.45, 2.75) is 36.0 Å². The zero-order valence-electron chi connectivity index (χ0n) is 11.2. The molecule has 2 rings (SSSR count). The van der Waals surface area contributed by atoms with E-state index in [2.05, 4.69) is 5.32 Å². The molecule has 0 radical (unpaired) electrons. The highest BCUT2D eigenvalue weighted by Crippen LogP contribution is 2.22. The molecule has 1 unspecified atom stereocenters. The lowest BCUT2D eigenvalue weighted by atomic mass is 10.2. The van der Waals surface area contributed by atoms with Gasteiger partial charge in [0, 0.05) is 6.04 Å². The molecular formula is C13H14FNO5S. The Balaban J connectivity index is 2.32. The van der Waals surface area contributed by atoms with E-state index in [1.54, 1.807) is 0 Å². The fraction of sp³-hybridized carbons (Fsp3) is 0.385. The highest BCUT2D eigenvalue weighted by Gasteiger charge is 2.34. The minimum atomic E-state index is -4.07. The first kappa shape index (κ1) is 15.4. The topological polar surface area (TPSA) is 101 Å². The van der Waals surface area contributed by atoms with Crippen LogP contribution in [0.25, 0.3) is 0 Å². The number of halogens is 1. The van der Waals surface area contributed by atoms with Crippen LogP contribution in [0.15, 0.2) is 23.1 Å². The second kappa shape index (κ2) is 5.44. The van der Waals surface area contributed by atoms with Crippen LogP contribution in [0.5, 0.6) is 0 Å². The number of nitrogens with one attached hydrogen (secondary N) is 1. The fourth-order valence-corrected chi connectivity index (χ4v) is 3.03. The number of carbonyl (C=O) groups excluding carboxylic acids is 1. The summed E-state index contributed by atoms with van der Waals surface area (Å²) in [4.78, 5) is 22.3. The largest absolute Gasteiger partial charge is 0.478 e. The van der Waals surface area contributed by atoms with Crippen molar-refractivity contribution in [3.8, 4) is 0 Å². The Bertz CT molecular complexity index is 697. The summed E-state index contributed by atoms with van der Waals surface area (Å²) in [5, 5.41) is 10.0. The smallest absolute Gasteiger partial charge is 0.338 e. The maximum atomic E-state index is 13.3. The Hall–Kier alpha value is -1.96. The molecule has 1 aromatic rings. The maximum absolute atomic E-state index is 13.3. The third-order valence-corrected chi connectivity index (χ3v) is 5.31. The molecule has 1 aromatic carbocycles. The Morgan fingerprint density at radius 3 is 2.52 bits per heavy atom. The molecule has 0 bridgehead atoms. The van der Waals surface area contributed by atoms with Crippen LogP contribution in [-0.2, 0) is 14.6 Å². The van der Waals surface area contributed by atoms with Crippen LogP contribution in [-0.4, -0.2) is 36.7 Å². The molecule has 1 atom stereocenters. The molecule has 114 valence electrons. The number of hydrogen-bond acceptors (Lipinski definition) is 4. The minimum absolute atomic E-state index is 0.0120. The normalized spacial score (nSPS) is 16.3. The lowest BCUT2D eigenvalue weighted by molar-refractivity contribution is -0.120. The van der Waals surface area contributed by atoms with Crippen LogP contribution in [0.2, 0.25) is 0 Å². The van der Waals surface area contributed by atoms with E-state index in [4.69, 9.17) is 5.11 Å². The van der Waals surface area contributed by atoms with Gasteiger partial charge in [-0.15, -0.1) is 0 Å². The first-order chi connectivity index (χ1) is 9.73. The highest BCUT2D eigenvalue weighted by molar-refractivity contribution is 7.92. The highest BCUT2D eigenvalue weighted by atomic mass is 32.2. The number of carbonyl (C=O) groups is 2. The molecule has 1 saturated carbocycles. The van der Waals surface area contributed by atoms with Crippen molar-refractivity contribution in [1.82, 2.24) is 5.32 Å². The molecule has 1 amide bonds. The van der Waals surface area contributed by atoms with E-state index < -0.39 is 38.3 Å². The predicted molar refractivity (Wildman–Crippen MR) is 71.2 cm³/mol. The van der Waals surface area contributed by atoms with Crippen LogP contribution in [0.1, 0.15) is 30.1 Å². The molecule has 8 heteroatoms. The van der Waals surface area contributed by atoms with Gasteiger partial charge in [0.2, 0.25) is 5.91 Å². The summed E-state index contributed by atoms with van der Waals surface area (Å²) < 4.78 is 37.9. The Labute approximate surface area is 120 Å². The van der Waals surface area contributed by atoms with E-state index in [1.807, 2.05) is 0 Å². The summed E-state index contributed by atoms with van der Waals surface area (Å²) in [5.41, 5.74) is -0.745. The average molecular weight is 315 g/mol. The van der Waals surface area contributed by atoms with Crippen LogP contribution in [0.3, 0.4) is 0 Å². The summed E-state index contributed by atoms with van der Waals surface area (Å²) in [6.45, 7) is 1.22. The van der Waals surface area contributed by atoms with Gasteiger partial charge in [-0.2, -0.15) is 0 Å². The number of aromatic carboxylic acids is 1. The third-order valence-electron chi connectivity index (χ3n) is 3.26. The molecule has 21 heavy (non-hydrogen) atoms. The van der Waals surface area contributed by atoms with Crippen molar-refractivity contribution in [3.05, 3.63) is 29.6 Å². The number of hydrogen-bond donors (Lipinski definition) is 2. The van der Waals surface area contributed by atoms with E-state index >= 15 is 0 Å². The first-order valence-corrected chi connectivity index (χ1v) is 7.85. The van der Waals surface area contributed by atoms with Gasteiger partial charge in [-0.05, 0) is 38.0 Å². The SMILES string of the molecule is CC(C(=O)NC1CC1)S(=O)(=O)c1ccc(F)c(C(=O)O)c1. The van der Waals surface area contributed by atoms with Gasteiger partial charge in [0.25, 0.3) is 0 Å². The van der Waals surface area contributed by atoms with Crippen molar-refractivity contribution in [2.24, 2.45) is 0 Å². The van der Waals surface area contributed by atoms with Gasteiger partial charge in [0.1, 0.15) is 11.1 Å². The van der Waals surface area contributed by atoms with Gasteiger partial charge in [-0.3, -0.25) is 4.79 Å². The van der Waals surface area contributed by atoms with Gasteiger partial charge < -0.3 is 10.4 Å². The van der Waals surface area contributed by atoms with Gasteiger partial charge in [0.05, 0.1) is 10.5 Å². The Morgan fingerprint density at radius 2 is 2.00 bits per heavy atom. The van der Waals surface area contributed by atoms with Crippen LogP contribution in [0, 0.1) is 5.82 Å². The summed E-state index contributed by atoms with van der Waals surface area (Å²) in [6, 6.07) is 2.46. The van der Waals surface area contributed by atoms with Crippen LogP contribution >= 0.6 is 0 Å². The average Bonchev–Trinajstić information content (AvgIpc) is 3.21. The second-order valence-corrected chi connectivity index (χ2v) is 7.19. The molecule has 0 spiro atoms. The van der Waals surface area contributed by atoms with Gasteiger partial charge in [-0.1, -0.05) is 0 Å². The van der Waals surface area contributed by atoms with Crippen molar-refractivity contribution in [3.63, 3.8) is 0 Å². The molecule has 6 nitrogen and oxygen atoms in total. The number of carboxylic acid groups (broad SMARTS) is 1. The number of benzene rings is 1. The lowest BCUT2D eigenvalue weighted by Crippen LogP contribution is -2.39. The third kappa shape index (κ3) is 3.21. The standard InChI is InChI=1S/C13H14FNO5S/c1-7(12(16)15-8-2-3-8)21(19,20)9-4-5-11(14)10(6-9)13(17)18/h4-8H,2-3H2,1H3,(H,15,16)(H,17,18). The molecular weight excluding hydrogens is 301 g/mol. The zero-order valence-corrected chi connectivity index (χ0v) is 12.0. The number of rotatable bonds is 5. The summed E-state index contributed by atoms with van der Waals surface area (Å²) in [7, 11) is -4.07. The summed E-state index contributed by atoms with van der Waals surface area (Å²) in [5.74, 6) is -3.24. The minimum Gasteiger partial charge on any atom is -0.478 e. The van der Waals surface area contributed by atoms with Crippen molar-refractivity contribution in [1.29, 1.82) is 0 Å². The van der Waals surface area contributed by atoms with Crippen LogP contribution in [0.4, 0.5) is 4.39 Å². The van der Waals surface area contributed by atoms with Crippen LogP contribution < -0.4 is 5.32 Å². The van der Waals surface area contributed by atoms with Crippen molar-refractivity contribution in [2.75, 3.05) is 0 Å². The molecule has 1 aliphatic carbocycles. The predicted octanol–water partition coefficient (Wildman–Crippen LogP) is 0.965. The number of carboxylic acids is 1. The summed E-state index contributed by atoms with van der Waals surface area (Å²) >= 11 is 0. The van der Waals surface area contributed by atoms with Crippen molar-refractivity contribution < 1.29 is 27.5 Å². The van der Waals surface area contributed by atoms with Crippen molar-refractivity contribution >= 4 is 21.7 Å². The molecule has 0 saturated heterocycles. The molecule has 0 heterocycles. The Kier molecular flexibility index (Phi) is 3.99. The Morgan fingerprint density at radius 1 is 1.38 bits per heavy atom. The number of sulfone groups is 1. The summed E-state index contributed by atoms with van der Waals surface area (Å²) in [6.07, 6.45) is 1.64. The molecule has 0 aliphatic heterocycles. The van der Waals surface area contributed by atoms with E-state index in [0.717, 1.165) is 31.0 Å². The molecule has 2 N–H and O–H groups in total. The lowest BCUT2D eigenvalue weighted by Gasteiger charge is -2.13. The molecule has 1 fully saturated rings. The molecule has 0 aromatic heterocycles.